The second-order valence-electron chi connectivity index (χ2n) is 6.18. The number of pyridine rings is 3. The highest BCUT2D eigenvalue weighted by Crippen LogP contribution is 2.06. The Bertz CT molecular complexity index is 1250. The molecule has 0 radical (unpaired) electrons. The Labute approximate surface area is 195 Å². The fourth-order valence-corrected chi connectivity index (χ4v) is 2.71. The molecule has 9 heteroatoms. The van der Waals surface area contributed by atoms with Crippen molar-refractivity contribution in [1.82, 2.24) is 44.0 Å². The van der Waals surface area contributed by atoms with Crippen molar-refractivity contribution in [3.63, 3.8) is 0 Å². The molecule has 0 aliphatic carbocycles. The first-order valence-electron chi connectivity index (χ1n) is 8.90. The molecule has 0 aromatic carbocycles. The molecular formula is C24H35N9. The highest BCUT2D eigenvalue weighted by atomic mass is 15.1. The third kappa shape index (κ3) is 6.67. The van der Waals surface area contributed by atoms with Crippen LogP contribution in [-0.4, -0.2) is 44.0 Å². The molecule has 9 nitrogen and oxygen atoms in total. The minimum Gasteiger partial charge on any atom is -0.343 e. The molecule has 33 heavy (non-hydrogen) atoms. The number of aromatic amines is 1. The number of hydrogen-bond acceptors (Lipinski definition) is 6. The zero-order valence-electron chi connectivity index (χ0n) is 16.0. The lowest BCUT2D eigenvalue weighted by molar-refractivity contribution is 0.931. The van der Waals surface area contributed by atoms with E-state index < -0.39 is 0 Å². The summed E-state index contributed by atoms with van der Waals surface area (Å²) in [4.78, 5) is 27.3. The van der Waals surface area contributed by atoms with E-state index in [-0.39, 0.29) is 29.7 Å². The molecular weight excluding hydrogens is 414 g/mol. The van der Waals surface area contributed by atoms with Gasteiger partial charge < -0.3 is 14.1 Å². The maximum absolute atomic E-state index is 4.14. The molecule has 0 atom stereocenters. The number of aromatic nitrogens is 9. The topological polar surface area (TPSA) is 103 Å². The predicted molar refractivity (Wildman–Crippen MR) is 138 cm³/mol. The van der Waals surface area contributed by atoms with Gasteiger partial charge in [0.1, 0.15) is 5.52 Å². The van der Waals surface area contributed by atoms with Crippen LogP contribution in [0.5, 0.6) is 0 Å². The number of nitrogens with one attached hydrogen (secondary N) is 1. The van der Waals surface area contributed by atoms with Crippen molar-refractivity contribution in [3.8, 4) is 0 Å². The Kier molecular flexibility index (Phi) is 11.6. The molecule has 0 aliphatic heterocycles. The smallest absolute Gasteiger partial charge is 0.177 e. The molecule has 0 fully saturated rings. The standard InChI is InChI=1S/2C7H7N3.C6H5N3.4CH4/c1-10-5-9-7-6(10)3-2-4-8-7;1-10-5-9-6-3-2-4-8-7(6)10;1-2-5-6(7-3-1)9-4-8-5;;;;/h2*2-5H,1H3;1-4H,(H,7,8,9);4*1H4. The summed E-state index contributed by atoms with van der Waals surface area (Å²) in [5.41, 5.74) is 5.52. The third-order valence-corrected chi connectivity index (χ3v) is 4.16. The van der Waals surface area contributed by atoms with Crippen LogP contribution >= 0.6 is 0 Å². The van der Waals surface area contributed by atoms with Gasteiger partial charge in [-0.05, 0) is 36.4 Å². The molecule has 0 amide bonds. The average Bonchev–Trinajstić information content (AvgIpc) is 3.49. The van der Waals surface area contributed by atoms with Crippen molar-refractivity contribution in [2.24, 2.45) is 14.1 Å². The third-order valence-electron chi connectivity index (χ3n) is 4.16. The largest absolute Gasteiger partial charge is 0.343 e. The summed E-state index contributed by atoms with van der Waals surface area (Å²) >= 11 is 0. The predicted octanol–water partition coefficient (Wildman–Crippen LogP) is 5.44. The Morgan fingerprint density at radius 3 is 1.97 bits per heavy atom. The Morgan fingerprint density at radius 1 is 0.636 bits per heavy atom. The van der Waals surface area contributed by atoms with Crippen LogP contribution in [0.2, 0.25) is 0 Å². The number of fused-ring (bicyclic) bond motifs is 3. The van der Waals surface area contributed by atoms with Gasteiger partial charge in [-0.15, -0.1) is 0 Å². The van der Waals surface area contributed by atoms with Gasteiger partial charge >= 0.3 is 0 Å². The number of aryl methyl sites for hydroxylation is 2. The van der Waals surface area contributed by atoms with Gasteiger partial charge in [-0.25, -0.2) is 29.9 Å². The number of nitrogens with zero attached hydrogens (tertiary/aromatic N) is 8. The zero-order valence-corrected chi connectivity index (χ0v) is 16.0. The maximum Gasteiger partial charge on any atom is 0.177 e. The summed E-state index contributed by atoms with van der Waals surface area (Å²) in [6, 6.07) is 11.5. The molecule has 176 valence electrons. The lowest BCUT2D eigenvalue weighted by Gasteiger charge is -1.89. The normalized spacial score (nSPS) is 9.15. The highest BCUT2D eigenvalue weighted by molar-refractivity contribution is 5.70. The number of hydrogen-bond donors (Lipinski definition) is 1. The summed E-state index contributed by atoms with van der Waals surface area (Å²) in [6.45, 7) is 0. The SMILES string of the molecule is C.C.C.C.Cn1cnc2cccnc21.Cn1cnc2ncccc21.c1cnc2nc[nH]c2c1. The van der Waals surface area contributed by atoms with Crippen molar-refractivity contribution in [3.05, 3.63) is 74.0 Å². The lowest BCUT2D eigenvalue weighted by Crippen LogP contribution is -1.85. The monoisotopic (exact) mass is 449 g/mol. The van der Waals surface area contributed by atoms with Gasteiger partial charge in [0.2, 0.25) is 0 Å². The summed E-state index contributed by atoms with van der Waals surface area (Å²) in [5.74, 6) is 0. The van der Waals surface area contributed by atoms with E-state index in [0.717, 1.165) is 33.5 Å². The first-order valence-corrected chi connectivity index (χ1v) is 8.90. The van der Waals surface area contributed by atoms with Crippen molar-refractivity contribution >= 4 is 33.5 Å². The van der Waals surface area contributed by atoms with Crippen molar-refractivity contribution < 1.29 is 0 Å². The molecule has 6 rings (SSSR count). The molecule has 0 saturated carbocycles. The van der Waals surface area contributed by atoms with Gasteiger partial charge in [0.05, 0.1) is 30.0 Å². The maximum atomic E-state index is 4.14. The minimum absolute atomic E-state index is 0. The summed E-state index contributed by atoms with van der Waals surface area (Å²) in [6.07, 6.45) is 10.4. The molecule has 0 saturated heterocycles. The molecule has 0 unspecified atom stereocenters. The minimum atomic E-state index is 0. The number of H-pyrrole nitrogens is 1. The molecule has 6 aromatic heterocycles. The molecule has 1 N–H and O–H groups in total. The lowest BCUT2D eigenvalue weighted by atomic mass is 10.4. The quantitative estimate of drug-likeness (QED) is 0.331. The van der Waals surface area contributed by atoms with Crippen LogP contribution in [0.1, 0.15) is 29.7 Å². The van der Waals surface area contributed by atoms with E-state index >= 15 is 0 Å². The van der Waals surface area contributed by atoms with E-state index in [9.17, 15) is 0 Å². The van der Waals surface area contributed by atoms with E-state index in [1.54, 1.807) is 37.6 Å². The van der Waals surface area contributed by atoms with Crippen molar-refractivity contribution in [1.29, 1.82) is 0 Å². The van der Waals surface area contributed by atoms with Crippen LogP contribution in [0.15, 0.2) is 74.0 Å². The number of rotatable bonds is 0. The zero-order chi connectivity index (χ0) is 20.1. The Balaban J connectivity index is 0.000000439. The van der Waals surface area contributed by atoms with Gasteiger partial charge in [-0.2, -0.15) is 0 Å². The van der Waals surface area contributed by atoms with Crippen LogP contribution in [0.3, 0.4) is 0 Å². The van der Waals surface area contributed by atoms with Gasteiger partial charge in [-0.1, -0.05) is 29.7 Å². The van der Waals surface area contributed by atoms with E-state index in [1.165, 1.54) is 0 Å². The van der Waals surface area contributed by atoms with Crippen molar-refractivity contribution in [2.45, 2.75) is 29.7 Å². The first-order chi connectivity index (χ1) is 14.2. The van der Waals surface area contributed by atoms with Crippen LogP contribution in [-0.2, 0) is 14.1 Å². The van der Waals surface area contributed by atoms with Crippen LogP contribution < -0.4 is 0 Å². The fraction of sp³-hybridized carbons (Fsp3) is 0.250. The number of imidazole rings is 3. The van der Waals surface area contributed by atoms with Gasteiger partial charge in [0, 0.05) is 32.7 Å². The Hall–Kier alpha value is -4.14. The van der Waals surface area contributed by atoms with Crippen LogP contribution in [0.25, 0.3) is 33.5 Å². The van der Waals surface area contributed by atoms with E-state index in [4.69, 9.17) is 0 Å². The molecule has 6 aromatic rings. The van der Waals surface area contributed by atoms with Crippen molar-refractivity contribution in [2.75, 3.05) is 0 Å². The van der Waals surface area contributed by atoms with Gasteiger partial charge in [0.15, 0.2) is 16.9 Å². The van der Waals surface area contributed by atoms with Crippen LogP contribution in [0, 0.1) is 0 Å². The molecule has 0 bridgehead atoms. The summed E-state index contributed by atoms with van der Waals surface area (Å²) in [5, 5.41) is 0. The second-order valence-corrected chi connectivity index (χ2v) is 6.18. The van der Waals surface area contributed by atoms with E-state index in [2.05, 4.69) is 34.9 Å². The average molecular weight is 450 g/mol. The van der Waals surface area contributed by atoms with Crippen LogP contribution in [0.4, 0.5) is 0 Å². The van der Waals surface area contributed by atoms with E-state index in [1.807, 2.05) is 59.6 Å². The first kappa shape index (κ1) is 28.9. The molecule has 0 aliphatic rings. The molecule has 6 heterocycles. The summed E-state index contributed by atoms with van der Waals surface area (Å²) < 4.78 is 3.84. The van der Waals surface area contributed by atoms with Gasteiger partial charge in [-0.3, -0.25) is 0 Å². The Morgan fingerprint density at radius 2 is 1.27 bits per heavy atom. The van der Waals surface area contributed by atoms with E-state index in [0.29, 0.717) is 0 Å². The summed E-state index contributed by atoms with van der Waals surface area (Å²) in [7, 11) is 3.89. The fourth-order valence-electron chi connectivity index (χ4n) is 2.71. The molecule has 0 spiro atoms. The second kappa shape index (κ2) is 13.3. The van der Waals surface area contributed by atoms with Gasteiger partial charge in [0.25, 0.3) is 0 Å². The highest BCUT2D eigenvalue weighted by Gasteiger charge is 1.96.